The van der Waals surface area contributed by atoms with Gasteiger partial charge >= 0.3 is 0 Å². The van der Waals surface area contributed by atoms with Gasteiger partial charge in [-0.3, -0.25) is 0 Å². The maximum atomic E-state index is 5.47. The average Bonchev–Trinajstić information content (AvgIpc) is 2.03. The lowest BCUT2D eigenvalue weighted by Gasteiger charge is -2.04. The minimum atomic E-state index is 0.610. The second-order valence-electron chi connectivity index (χ2n) is 3.50. The van der Waals surface area contributed by atoms with Crippen LogP contribution in [0.4, 0.5) is 0 Å². The largest absolute Gasteiger partial charge is 0.327 e. The Balaban J connectivity index is 3.08. The predicted octanol–water partition coefficient (Wildman–Crippen LogP) is 2.67. The van der Waals surface area contributed by atoms with Crippen molar-refractivity contribution in [2.45, 2.75) is 20.8 Å². The number of allylic oxidation sites excluding steroid dienone is 1. The standard InChI is InChI=1S/C12H17N/c1-9-6-10(2)8-12(7-9)11(3)4-5-13/h4,6-8H,5,13H2,1-3H3/b11-4-. The lowest BCUT2D eigenvalue weighted by Crippen LogP contribution is -1.94. The van der Waals surface area contributed by atoms with Crippen molar-refractivity contribution in [1.82, 2.24) is 0 Å². The Kier molecular flexibility index (Phi) is 3.26. The van der Waals surface area contributed by atoms with E-state index in [2.05, 4.69) is 39.0 Å². The maximum absolute atomic E-state index is 5.47. The van der Waals surface area contributed by atoms with Crippen molar-refractivity contribution in [3.63, 3.8) is 0 Å². The molecule has 2 N–H and O–H groups in total. The van der Waals surface area contributed by atoms with Crippen LogP contribution >= 0.6 is 0 Å². The lowest BCUT2D eigenvalue weighted by molar-refractivity contribution is 1.25. The molecule has 0 amide bonds. The van der Waals surface area contributed by atoms with E-state index in [4.69, 9.17) is 5.73 Å². The third kappa shape index (κ3) is 2.71. The molecule has 0 heterocycles. The number of benzene rings is 1. The Hall–Kier alpha value is -1.08. The molecule has 1 aromatic carbocycles. The molecule has 0 aliphatic heterocycles. The molecule has 70 valence electrons. The monoisotopic (exact) mass is 175 g/mol. The highest BCUT2D eigenvalue weighted by Crippen LogP contribution is 2.16. The van der Waals surface area contributed by atoms with Crippen LogP contribution in [0, 0.1) is 13.8 Å². The van der Waals surface area contributed by atoms with Crippen LogP contribution in [0.1, 0.15) is 23.6 Å². The van der Waals surface area contributed by atoms with E-state index in [1.807, 2.05) is 6.08 Å². The predicted molar refractivity (Wildman–Crippen MR) is 58.6 cm³/mol. The lowest BCUT2D eigenvalue weighted by atomic mass is 10.0. The fourth-order valence-electron chi connectivity index (χ4n) is 1.50. The van der Waals surface area contributed by atoms with E-state index < -0.39 is 0 Å². The Morgan fingerprint density at radius 2 is 1.77 bits per heavy atom. The van der Waals surface area contributed by atoms with Crippen molar-refractivity contribution in [3.05, 3.63) is 41.0 Å². The third-order valence-electron chi connectivity index (χ3n) is 2.10. The van der Waals surface area contributed by atoms with E-state index in [1.54, 1.807) is 0 Å². The van der Waals surface area contributed by atoms with Crippen LogP contribution in [0.15, 0.2) is 24.3 Å². The Morgan fingerprint density at radius 3 is 2.23 bits per heavy atom. The van der Waals surface area contributed by atoms with Gasteiger partial charge in [0, 0.05) is 6.54 Å². The molecule has 0 aliphatic carbocycles. The highest BCUT2D eigenvalue weighted by molar-refractivity contribution is 5.65. The molecule has 1 aromatic rings. The number of hydrogen-bond donors (Lipinski definition) is 1. The van der Waals surface area contributed by atoms with Gasteiger partial charge in [0.05, 0.1) is 0 Å². The fraction of sp³-hybridized carbons (Fsp3) is 0.333. The smallest absolute Gasteiger partial charge is 0.0112 e. The van der Waals surface area contributed by atoms with E-state index in [0.717, 1.165) is 0 Å². The van der Waals surface area contributed by atoms with Gasteiger partial charge in [0.25, 0.3) is 0 Å². The summed E-state index contributed by atoms with van der Waals surface area (Å²) in [5.74, 6) is 0. The van der Waals surface area contributed by atoms with Gasteiger partial charge in [-0.15, -0.1) is 0 Å². The molecular weight excluding hydrogens is 158 g/mol. The van der Waals surface area contributed by atoms with Crippen LogP contribution < -0.4 is 5.73 Å². The first-order chi connectivity index (χ1) is 6.13. The van der Waals surface area contributed by atoms with E-state index in [9.17, 15) is 0 Å². The quantitative estimate of drug-likeness (QED) is 0.734. The van der Waals surface area contributed by atoms with Crippen LogP contribution in [0.3, 0.4) is 0 Å². The second kappa shape index (κ2) is 4.24. The van der Waals surface area contributed by atoms with E-state index in [0.29, 0.717) is 6.54 Å². The highest BCUT2D eigenvalue weighted by atomic mass is 14.5. The highest BCUT2D eigenvalue weighted by Gasteiger charge is 1.96. The normalized spacial score (nSPS) is 11.8. The van der Waals surface area contributed by atoms with Gasteiger partial charge in [-0.1, -0.05) is 35.4 Å². The van der Waals surface area contributed by atoms with Crippen molar-refractivity contribution in [2.75, 3.05) is 6.54 Å². The summed E-state index contributed by atoms with van der Waals surface area (Å²) >= 11 is 0. The Morgan fingerprint density at radius 1 is 1.23 bits per heavy atom. The molecular formula is C12H17N. The molecule has 0 bridgehead atoms. The fourth-order valence-corrected chi connectivity index (χ4v) is 1.50. The molecule has 0 saturated heterocycles. The van der Waals surface area contributed by atoms with Crippen LogP contribution in [0.25, 0.3) is 5.57 Å². The summed E-state index contributed by atoms with van der Waals surface area (Å²) in [5, 5.41) is 0. The molecule has 0 radical (unpaired) electrons. The molecule has 0 aromatic heterocycles. The summed E-state index contributed by atoms with van der Waals surface area (Å²) in [7, 11) is 0. The second-order valence-corrected chi connectivity index (χ2v) is 3.50. The summed E-state index contributed by atoms with van der Waals surface area (Å²) < 4.78 is 0. The third-order valence-corrected chi connectivity index (χ3v) is 2.10. The summed E-state index contributed by atoms with van der Waals surface area (Å²) in [6.07, 6.45) is 2.05. The van der Waals surface area contributed by atoms with Gasteiger partial charge < -0.3 is 5.73 Å². The first kappa shape index (κ1) is 10.0. The molecule has 0 spiro atoms. The Bertz CT molecular complexity index is 304. The number of nitrogens with two attached hydrogens (primary N) is 1. The van der Waals surface area contributed by atoms with Gasteiger partial charge in [-0.2, -0.15) is 0 Å². The van der Waals surface area contributed by atoms with Gasteiger partial charge in [0.1, 0.15) is 0 Å². The molecule has 13 heavy (non-hydrogen) atoms. The number of hydrogen-bond acceptors (Lipinski definition) is 1. The van der Waals surface area contributed by atoms with Crippen molar-refractivity contribution >= 4 is 5.57 Å². The number of aryl methyl sites for hydroxylation is 2. The zero-order valence-corrected chi connectivity index (χ0v) is 8.59. The van der Waals surface area contributed by atoms with E-state index >= 15 is 0 Å². The van der Waals surface area contributed by atoms with Crippen LogP contribution in [-0.4, -0.2) is 6.54 Å². The minimum absolute atomic E-state index is 0.610. The summed E-state index contributed by atoms with van der Waals surface area (Å²) in [6, 6.07) is 6.56. The zero-order chi connectivity index (χ0) is 9.84. The molecule has 0 saturated carbocycles. The first-order valence-corrected chi connectivity index (χ1v) is 4.59. The zero-order valence-electron chi connectivity index (χ0n) is 8.59. The van der Waals surface area contributed by atoms with Crippen molar-refractivity contribution in [3.8, 4) is 0 Å². The van der Waals surface area contributed by atoms with E-state index in [1.165, 1.54) is 22.3 Å². The van der Waals surface area contributed by atoms with Gasteiger partial charge in [-0.25, -0.2) is 0 Å². The van der Waals surface area contributed by atoms with Crippen LogP contribution in [0.2, 0.25) is 0 Å². The summed E-state index contributed by atoms with van der Waals surface area (Å²) in [5.41, 5.74) is 10.6. The molecule has 1 heteroatoms. The van der Waals surface area contributed by atoms with Crippen molar-refractivity contribution < 1.29 is 0 Å². The van der Waals surface area contributed by atoms with Gasteiger partial charge in [0.2, 0.25) is 0 Å². The molecule has 0 fully saturated rings. The summed E-state index contributed by atoms with van der Waals surface area (Å²) in [6.45, 7) is 6.94. The van der Waals surface area contributed by atoms with Crippen molar-refractivity contribution in [1.29, 1.82) is 0 Å². The molecule has 0 aliphatic rings. The molecule has 0 unspecified atom stereocenters. The van der Waals surface area contributed by atoms with Gasteiger partial charge in [-0.05, 0) is 31.9 Å². The summed E-state index contributed by atoms with van der Waals surface area (Å²) in [4.78, 5) is 0. The molecule has 0 atom stereocenters. The number of rotatable bonds is 2. The van der Waals surface area contributed by atoms with E-state index in [-0.39, 0.29) is 0 Å². The Labute approximate surface area is 80.3 Å². The first-order valence-electron chi connectivity index (χ1n) is 4.59. The minimum Gasteiger partial charge on any atom is -0.327 e. The maximum Gasteiger partial charge on any atom is 0.0112 e. The van der Waals surface area contributed by atoms with Crippen molar-refractivity contribution in [2.24, 2.45) is 5.73 Å². The topological polar surface area (TPSA) is 26.0 Å². The average molecular weight is 175 g/mol. The SMILES string of the molecule is C/C(=C/CN)c1cc(C)cc(C)c1. The van der Waals surface area contributed by atoms with Crippen LogP contribution in [-0.2, 0) is 0 Å². The van der Waals surface area contributed by atoms with Gasteiger partial charge in [0.15, 0.2) is 0 Å². The molecule has 1 rings (SSSR count). The molecule has 1 nitrogen and oxygen atoms in total. The van der Waals surface area contributed by atoms with Crippen LogP contribution in [0.5, 0.6) is 0 Å².